The summed E-state index contributed by atoms with van der Waals surface area (Å²) in [6.07, 6.45) is 18.9. The van der Waals surface area contributed by atoms with Gasteiger partial charge in [-0.15, -0.1) is 0 Å². The Bertz CT molecular complexity index is 580. The second kappa shape index (κ2) is 14.9. The van der Waals surface area contributed by atoms with Crippen LogP contribution in [0.2, 0.25) is 0 Å². The van der Waals surface area contributed by atoms with E-state index in [1.54, 1.807) is 0 Å². The quantitative estimate of drug-likeness (QED) is 0.188. The molecular formula is C37H74N2. The zero-order valence-electron chi connectivity index (χ0n) is 29.1. The smallest absolute Gasteiger partial charge is 0.0458 e. The van der Waals surface area contributed by atoms with Crippen molar-refractivity contribution in [2.24, 2.45) is 45.3 Å². The van der Waals surface area contributed by atoms with Crippen LogP contribution in [0, 0.1) is 45.3 Å². The van der Waals surface area contributed by atoms with Crippen molar-refractivity contribution >= 4 is 0 Å². The lowest BCUT2D eigenvalue weighted by atomic mass is 9.57. The summed E-state index contributed by atoms with van der Waals surface area (Å²) in [7, 11) is 0. The Hall–Kier alpha value is -0.0800. The molecule has 2 fully saturated rings. The molecule has 0 saturated heterocycles. The molecule has 4 atom stereocenters. The van der Waals surface area contributed by atoms with Crippen LogP contribution in [0.3, 0.4) is 0 Å². The zero-order chi connectivity index (χ0) is 29.5. The predicted molar refractivity (Wildman–Crippen MR) is 175 cm³/mol. The van der Waals surface area contributed by atoms with Crippen LogP contribution in [-0.2, 0) is 0 Å². The van der Waals surface area contributed by atoms with Gasteiger partial charge in [0.15, 0.2) is 0 Å². The topological polar surface area (TPSA) is 24.1 Å². The van der Waals surface area contributed by atoms with Crippen LogP contribution in [-0.4, -0.2) is 18.8 Å². The fourth-order valence-corrected chi connectivity index (χ4v) is 10.1. The molecule has 0 aromatic carbocycles. The average Bonchev–Trinajstić information content (AvgIpc) is 2.83. The molecule has 4 unspecified atom stereocenters. The molecule has 0 aromatic heterocycles. The highest BCUT2D eigenvalue weighted by Crippen LogP contribution is 2.51. The Balaban J connectivity index is 2.35. The average molecular weight is 547 g/mol. The second-order valence-electron chi connectivity index (χ2n) is 16.9. The fraction of sp³-hybridized carbons (Fsp3) is 1.00. The third-order valence-electron chi connectivity index (χ3n) is 12.1. The third kappa shape index (κ3) is 8.95. The van der Waals surface area contributed by atoms with E-state index < -0.39 is 0 Å². The molecule has 0 aromatic rings. The van der Waals surface area contributed by atoms with Crippen LogP contribution in [0.4, 0.5) is 0 Å². The van der Waals surface area contributed by atoms with Crippen molar-refractivity contribution in [1.82, 2.24) is 10.6 Å². The van der Waals surface area contributed by atoms with Gasteiger partial charge in [0, 0.05) is 18.8 Å². The molecule has 0 amide bonds. The van der Waals surface area contributed by atoms with E-state index >= 15 is 0 Å². The van der Waals surface area contributed by atoms with Crippen molar-refractivity contribution < 1.29 is 0 Å². The Morgan fingerprint density at radius 1 is 0.436 bits per heavy atom. The highest BCUT2D eigenvalue weighted by molar-refractivity contribution is 5.01. The van der Waals surface area contributed by atoms with Crippen LogP contribution in [0.15, 0.2) is 0 Å². The molecule has 0 spiro atoms. The van der Waals surface area contributed by atoms with Crippen molar-refractivity contribution in [2.75, 3.05) is 6.67 Å². The van der Waals surface area contributed by atoms with E-state index in [-0.39, 0.29) is 0 Å². The van der Waals surface area contributed by atoms with Crippen LogP contribution < -0.4 is 10.6 Å². The van der Waals surface area contributed by atoms with E-state index in [0.29, 0.717) is 33.7 Å². The molecule has 0 radical (unpaired) electrons. The minimum absolute atomic E-state index is 0.398. The fourth-order valence-electron chi connectivity index (χ4n) is 10.1. The molecule has 2 aliphatic carbocycles. The summed E-state index contributed by atoms with van der Waals surface area (Å²) in [5.74, 6) is 3.06. The Kier molecular flexibility index (Phi) is 13.4. The van der Waals surface area contributed by atoms with Crippen molar-refractivity contribution in [3.8, 4) is 0 Å². The van der Waals surface area contributed by atoms with E-state index in [4.69, 9.17) is 0 Å². The summed E-state index contributed by atoms with van der Waals surface area (Å²) in [5.41, 5.74) is 1.59. The summed E-state index contributed by atoms with van der Waals surface area (Å²) in [6, 6.07) is 1.23. The van der Waals surface area contributed by atoms with Gasteiger partial charge >= 0.3 is 0 Å². The van der Waals surface area contributed by atoms with E-state index in [1.807, 2.05) is 0 Å². The minimum Gasteiger partial charge on any atom is -0.301 e. The summed E-state index contributed by atoms with van der Waals surface area (Å²) in [5, 5.41) is 8.59. The zero-order valence-corrected chi connectivity index (χ0v) is 29.1. The van der Waals surface area contributed by atoms with E-state index in [9.17, 15) is 0 Å². The molecule has 0 heterocycles. The molecular weight excluding hydrogens is 472 g/mol. The largest absolute Gasteiger partial charge is 0.301 e. The molecule has 2 rings (SSSR count). The van der Waals surface area contributed by atoms with Gasteiger partial charge in [0.2, 0.25) is 0 Å². The molecule has 232 valence electrons. The van der Waals surface area contributed by atoms with Gasteiger partial charge in [0.1, 0.15) is 0 Å². The molecule has 2 nitrogen and oxygen atoms in total. The van der Waals surface area contributed by atoms with E-state index in [2.05, 4.69) is 93.7 Å². The predicted octanol–water partition coefficient (Wildman–Crippen LogP) is 11.0. The normalized spacial score (nSPS) is 29.5. The number of hydrogen-bond acceptors (Lipinski definition) is 2. The number of rotatable bonds is 16. The standard InChI is InChI=1S/C37H74N2/c1-13-23-34(5,6)28-19-17-20-29(35(7,8)24-14-2)32(28)38-27-39-33-30(36(9,10)25-15-3)21-18-22-31(33)37(11,12)26-16-4/h28-33,38-39H,13-27H2,1-12H3. The molecule has 39 heavy (non-hydrogen) atoms. The lowest BCUT2D eigenvalue weighted by Crippen LogP contribution is -2.59. The van der Waals surface area contributed by atoms with Crippen molar-refractivity contribution in [2.45, 2.75) is 185 Å². The van der Waals surface area contributed by atoms with Crippen molar-refractivity contribution in [3.05, 3.63) is 0 Å². The van der Waals surface area contributed by atoms with E-state index in [1.165, 1.54) is 89.9 Å². The van der Waals surface area contributed by atoms with Crippen LogP contribution in [0.25, 0.3) is 0 Å². The highest BCUT2D eigenvalue weighted by Gasteiger charge is 2.48. The van der Waals surface area contributed by atoms with Crippen LogP contribution in [0.1, 0.15) is 173 Å². The van der Waals surface area contributed by atoms with Gasteiger partial charge in [0.05, 0.1) is 0 Å². The molecule has 2 N–H and O–H groups in total. The Labute approximate surface area is 247 Å². The molecule has 0 aliphatic heterocycles. The van der Waals surface area contributed by atoms with Gasteiger partial charge in [-0.1, -0.05) is 122 Å². The number of nitrogens with one attached hydrogen (secondary N) is 2. The van der Waals surface area contributed by atoms with Crippen LogP contribution >= 0.6 is 0 Å². The van der Waals surface area contributed by atoms with Gasteiger partial charge in [-0.25, -0.2) is 0 Å². The van der Waals surface area contributed by atoms with Crippen LogP contribution in [0.5, 0.6) is 0 Å². The SMILES string of the molecule is CCCC(C)(C)C1CCCC(C(C)(C)CCC)C1NCNC1C(C(C)(C)CCC)CCCC1C(C)(C)CCC. The minimum atomic E-state index is 0.398. The van der Waals surface area contributed by atoms with Gasteiger partial charge in [-0.05, 0) is 96.7 Å². The lowest BCUT2D eigenvalue weighted by Gasteiger charge is -2.53. The Morgan fingerprint density at radius 3 is 0.872 bits per heavy atom. The van der Waals surface area contributed by atoms with Gasteiger partial charge in [-0.2, -0.15) is 0 Å². The lowest BCUT2D eigenvalue weighted by molar-refractivity contribution is -0.00140. The van der Waals surface area contributed by atoms with Crippen molar-refractivity contribution in [3.63, 3.8) is 0 Å². The molecule has 0 bridgehead atoms. The summed E-state index contributed by atoms with van der Waals surface area (Å²) < 4.78 is 0. The first-order valence-corrected chi connectivity index (χ1v) is 17.6. The Morgan fingerprint density at radius 2 is 0.667 bits per heavy atom. The second-order valence-corrected chi connectivity index (χ2v) is 16.9. The van der Waals surface area contributed by atoms with Gasteiger partial charge in [0.25, 0.3) is 0 Å². The first-order valence-electron chi connectivity index (χ1n) is 17.6. The summed E-state index contributed by atoms with van der Waals surface area (Å²) in [4.78, 5) is 0. The maximum atomic E-state index is 4.30. The highest BCUT2D eigenvalue weighted by atomic mass is 15.1. The van der Waals surface area contributed by atoms with Gasteiger partial charge in [-0.3, -0.25) is 0 Å². The molecule has 2 saturated carbocycles. The summed E-state index contributed by atoms with van der Waals surface area (Å²) >= 11 is 0. The molecule has 2 aliphatic rings. The maximum absolute atomic E-state index is 4.30. The monoisotopic (exact) mass is 547 g/mol. The first-order chi connectivity index (χ1) is 18.2. The third-order valence-corrected chi connectivity index (χ3v) is 12.1. The molecule has 2 heteroatoms. The van der Waals surface area contributed by atoms with E-state index in [0.717, 1.165) is 30.3 Å². The first kappa shape index (κ1) is 35.1. The van der Waals surface area contributed by atoms with Gasteiger partial charge < -0.3 is 10.6 Å². The van der Waals surface area contributed by atoms with Crippen molar-refractivity contribution in [1.29, 1.82) is 0 Å². The number of hydrogen-bond donors (Lipinski definition) is 2. The maximum Gasteiger partial charge on any atom is 0.0458 e. The summed E-state index contributed by atoms with van der Waals surface area (Å²) in [6.45, 7) is 31.1.